The van der Waals surface area contributed by atoms with E-state index in [0.29, 0.717) is 6.04 Å². The summed E-state index contributed by atoms with van der Waals surface area (Å²) in [6.07, 6.45) is 3.38. The molecule has 0 aliphatic carbocycles. The van der Waals surface area contributed by atoms with E-state index in [4.69, 9.17) is 4.52 Å². The number of hydrogen-bond acceptors (Lipinski definition) is 3. The van der Waals surface area contributed by atoms with Crippen LogP contribution in [-0.2, 0) is 6.42 Å². The topological polar surface area (TPSA) is 38.1 Å². The fraction of sp³-hybridized carbons (Fsp3) is 0.667. The lowest BCUT2D eigenvalue weighted by molar-refractivity contribution is 0.347. The summed E-state index contributed by atoms with van der Waals surface area (Å²) in [5.74, 6) is 1.00. The molecular formula is C9H14N2O. The summed E-state index contributed by atoms with van der Waals surface area (Å²) in [7, 11) is 0. The highest BCUT2D eigenvalue weighted by Crippen LogP contribution is 2.23. The smallest absolute Gasteiger partial charge is 0.153 e. The highest BCUT2D eigenvalue weighted by molar-refractivity contribution is 5.10. The van der Waals surface area contributed by atoms with Gasteiger partial charge >= 0.3 is 0 Å². The maximum atomic E-state index is 5.23. The highest BCUT2D eigenvalue weighted by atomic mass is 16.5. The minimum Gasteiger partial charge on any atom is -0.359 e. The normalized spacial score (nSPS) is 23.2. The van der Waals surface area contributed by atoms with Crippen LogP contribution in [-0.4, -0.2) is 11.7 Å². The minimum absolute atomic E-state index is 0.415. The molecule has 0 saturated carbocycles. The largest absolute Gasteiger partial charge is 0.359 e. The first-order valence-electron chi connectivity index (χ1n) is 4.59. The van der Waals surface area contributed by atoms with Gasteiger partial charge in [0.2, 0.25) is 0 Å². The molecular weight excluding hydrogens is 152 g/mol. The number of nitrogens with zero attached hydrogens (tertiary/aromatic N) is 1. The molecule has 1 N–H and O–H groups in total. The summed E-state index contributed by atoms with van der Waals surface area (Å²) in [6.45, 7) is 3.19. The third-order valence-corrected chi connectivity index (χ3v) is 2.34. The zero-order chi connectivity index (χ0) is 8.39. The first kappa shape index (κ1) is 7.80. The average molecular weight is 166 g/mol. The van der Waals surface area contributed by atoms with E-state index < -0.39 is 0 Å². The number of rotatable bonds is 2. The van der Waals surface area contributed by atoms with E-state index in [9.17, 15) is 0 Å². The molecule has 2 rings (SSSR count). The van der Waals surface area contributed by atoms with Crippen LogP contribution in [0.25, 0.3) is 0 Å². The van der Waals surface area contributed by atoms with Gasteiger partial charge in [-0.05, 0) is 25.8 Å². The second-order valence-corrected chi connectivity index (χ2v) is 3.22. The van der Waals surface area contributed by atoms with Crippen molar-refractivity contribution in [1.29, 1.82) is 0 Å². The summed E-state index contributed by atoms with van der Waals surface area (Å²) in [6, 6.07) is 2.47. The molecule has 66 valence electrons. The van der Waals surface area contributed by atoms with Gasteiger partial charge in [-0.1, -0.05) is 12.1 Å². The van der Waals surface area contributed by atoms with Gasteiger partial charge in [-0.15, -0.1) is 0 Å². The van der Waals surface area contributed by atoms with E-state index in [-0.39, 0.29) is 0 Å². The van der Waals surface area contributed by atoms with Crippen molar-refractivity contribution in [2.24, 2.45) is 0 Å². The molecule has 1 aliphatic heterocycles. The van der Waals surface area contributed by atoms with Crippen LogP contribution in [0.3, 0.4) is 0 Å². The summed E-state index contributed by atoms with van der Waals surface area (Å²) in [4.78, 5) is 0. The molecule has 1 saturated heterocycles. The van der Waals surface area contributed by atoms with Gasteiger partial charge in [0.1, 0.15) is 0 Å². The van der Waals surface area contributed by atoms with Crippen LogP contribution in [0.15, 0.2) is 10.6 Å². The van der Waals surface area contributed by atoms with Crippen molar-refractivity contribution in [3.63, 3.8) is 0 Å². The van der Waals surface area contributed by atoms with Crippen molar-refractivity contribution in [1.82, 2.24) is 10.5 Å². The zero-order valence-electron chi connectivity index (χ0n) is 7.34. The number of aryl methyl sites for hydroxylation is 1. The Kier molecular flexibility index (Phi) is 2.13. The maximum Gasteiger partial charge on any atom is 0.153 e. The molecule has 0 unspecified atom stereocenters. The molecule has 0 bridgehead atoms. The van der Waals surface area contributed by atoms with Crippen molar-refractivity contribution in [3.8, 4) is 0 Å². The number of hydrogen-bond donors (Lipinski definition) is 1. The Morgan fingerprint density at radius 1 is 1.75 bits per heavy atom. The van der Waals surface area contributed by atoms with Crippen LogP contribution in [0.5, 0.6) is 0 Å². The zero-order valence-corrected chi connectivity index (χ0v) is 7.34. The fourth-order valence-corrected chi connectivity index (χ4v) is 1.59. The second kappa shape index (κ2) is 3.27. The van der Waals surface area contributed by atoms with E-state index in [2.05, 4.69) is 23.5 Å². The van der Waals surface area contributed by atoms with Gasteiger partial charge in [0.05, 0.1) is 11.7 Å². The van der Waals surface area contributed by atoms with E-state index in [1.54, 1.807) is 0 Å². The molecule has 1 aromatic rings. The van der Waals surface area contributed by atoms with Gasteiger partial charge in [0.25, 0.3) is 0 Å². The van der Waals surface area contributed by atoms with Crippen molar-refractivity contribution in [2.75, 3.05) is 6.54 Å². The fourth-order valence-electron chi connectivity index (χ4n) is 1.59. The van der Waals surface area contributed by atoms with Crippen LogP contribution in [0.2, 0.25) is 0 Å². The molecule has 0 radical (unpaired) electrons. The molecule has 12 heavy (non-hydrogen) atoms. The van der Waals surface area contributed by atoms with Gasteiger partial charge < -0.3 is 9.84 Å². The SMILES string of the molecule is CCc1cc([C@@H]2CCCN2)on1. The monoisotopic (exact) mass is 166 g/mol. The number of aromatic nitrogens is 1. The van der Waals surface area contributed by atoms with Crippen LogP contribution in [0, 0.1) is 0 Å². The van der Waals surface area contributed by atoms with Crippen molar-refractivity contribution in [2.45, 2.75) is 32.2 Å². The van der Waals surface area contributed by atoms with E-state index >= 15 is 0 Å². The molecule has 3 heteroatoms. The van der Waals surface area contributed by atoms with Gasteiger partial charge in [-0.3, -0.25) is 0 Å². The van der Waals surface area contributed by atoms with Crippen molar-refractivity contribution >= 4 is 0 Å². The Morgan fingerprint density at radius 2 is 2.67 bits per heavy atom. The molecule has 2 heterocycles. The summed E-state index contributed by atoms with van der Waals surface area (Å²) in [5.41, 5.74) is 1.05. The molecule has 1 aliphatic rings. The van der Waals surface area contributed by atoms with Crippen molar-refractivity contribution < 1.29 is 4.52 Å². The quantitative estimate of drug-likeness (QED) is 0.726. The maximum absolute atomic E-state index is 5.23. The first-order chi connectivity index (χ1) is 5.90. The molecule has 0 aromatic carbocycles. The predicted molar refractivity (Wildman–Crippen MR) is 45.9 cm³/mol. The van der Waals surface area contributed by atoms with Gasteiger partial charge in [-0.25, -0.2) is 0 Å². The van der Waals surface area contributed by atoms with Crippen LogP contribution >= 0.6 is 0 Å². The Bertz CT molecular complexity index is 251. The molecule has 1 fully saturated rings. The molecule has 1 aromatic heterocycles. The second-order valence-electron chi connectivity index (χ2n) is 3.22. The average Bonchev–Trinajstić information content (AvgIpc) is 2.75. The van der Waals surface area contributed by atoms with Crippen molar-refractivity contribution in [3.05, 3.63) is 17.5 Å². The third-order valence-electron chi connectivity index (χ3n) is 2.34. The van der Waals surface area contributed by atoms with E-state index in [1.165, 1.54) is 12.8 Å². The summed E-state index contributed by atoms with van der Waals surface area (Å²) >= 11 is 0. The third kappa shape index (κ3) is 1.37. The highest BCUT2D eigenvalue weighted by Gasteiger charge is 2.19. The molecule has 1 atom stereocenters. The molecule has 0 spiro atoms. The van der Waals surface area contributed by atoms with Gasteiger partial charge in [0, 0.05) is 6.07 Å². The Morgan fingerprint density at radius 3 is 3.25 bits per heavy atom. The van der Waals surface area contributed by atoms with Crippen LogP contribution in [0.4, 0.5) is 0 Å². The lowest BCUT2D eigenvalue weighted by Gasteiger charge is -2.02. The Hall–Kier alpha value is -0.830. The summed E-state index contributed by atoms with van der Waals surface area (Å²) in [5, 5.41) is 7.34. The van der Waals surface area contributed by atoms with E-state index in [0.717, 1.165) is 24.4 Å². The standard InChI is InChI=1S/C9H14N2O/c1-2-7-6-9(12-11-7)8-4-3-5-10-8/h6,8,10H,2-5H2,1H3/t8-/m0/s1. The van der Waals surface area contributed by atoms with E-state index in [1.807, 2.05) is 0 Å². The predicted octanol–water partition coefficient (Wildman–Crippen LogP) is 1.66. The molecule has 3 nitrogen and oxygen atoms in total. The van der Waals surface area contributed by atoms with Crippen LogP contribution < -0.4 is 5.32 Å². The molecule has 0 amide bonds. The lowest BCUT2D eigenvalue weighted by atomic mass is 10.1. The van der Waals surface area contributed by atoms with Gasteiger partial charge in [0.15, 0.2) is 5.76 Å². The van der Waals surface area contributed by atoms with Crippen LogP contribution in [0.1, 0.15) is 37.3 Å². The lowest BCUT2D eigenvalue weighted by Crippen LogP contribution is -2.11. The summed E-state index contributed by atoms with van der Waals surface area (Å²) < 4.78 is 5.23. The minimum atomic E-state index is 0.415. The Balaban J connectivity index is 2.11. The first-order valence-corrected chi connectivity index (χ1v) is 4.59. The van der Waals surface area contributed by atoms with Gasteiger partial charge in [-0.2, -0.15) is 0 Å². The number of nitrogens with one attached hydrogen (secondary N) is 1. The Labute approximate surface area is 72.1 Å².